The molecule has 0 aromatic heterocycles. The first-order valence-electron chi connectivity index (χ1n) is 6.67. The van der Waals surface area contributed by atoms with Gasteiger partial charge in [0.2, 0.25) is 15.9 Å². The van der Waals surface area contributed by atoms with Gasteiger partial charge in [-0.15, -0.1) is 0 Å². The summed E-state index contributed by atoms with van der Waals surface area (Å²) in [4.78, 5) is 23.2. The molecule has 0 saturated carbocycles. The Morgan fingerprint density at radius 3 is 2.35 bits per heavy atom. The highest BCUT2D eigenvalue weighted by Gasteiger charge is 2.31. The highest BCUT2D eigenvalue weighted by Crippen LogP contribution is 2.20. The van der Waals surface area contributed by atoms with Crippen LogP contribution in [0.15, 0.2) is 0 Å². The third-order valence-corrected chi connectivity index (χ3v) is 5.38. The predicted molar refractivity (Wildman–Crippen MR) is 73.4 cm³/mol. The Morgan fingerprint density at radius 1 is 1.35 bits per heavy atom. The first-order valence-corrected chi connectivity index (χ1v) is 8.28. The molecule has 0 aromatic rings. The number of nitrogens with one attached hydrogen (secondary N) is 1. The number of sulfonamides is 1. The maximum absolute atomic E-state index is 12.0. The lowest BCUT2D eigenvalue weighted by molar-refractivity contribution is -0.145. The van der Waals surface area contributed by atoms with Gasteiger partial charge in [0.15, 0.2) is 0 Å². The molecule has 0 aliphatic carbocycles. The molecule has 1 aliphatic rings. The van der Waals surface area contributed by atoms with Crippen molar-refractivity contribution in [2.24, 2.45) is 5.92 Å². The van der Waals surface area contributed by atoms with Crippen molar-refractivity contribution >= 4 is 21.9 Å². The average molecular weight is 306 g/mol. The Bertz CT molecular complexity index is 454. The highest BCUT2D eigenvalue weighted by molar-refractivity contribution is 7.89. The summed E-state index contributed by atoms with van der Waals surface area (Å²) in [5.74, 6) is -0.908. The summed E-state index contributed by atoms with van der Waals surface area (Å²) in [6, 6.07) is -0.690. The number of rotatable bonds is 5. The SMILES string of the molecule is CCS(=O)(=O)N1CCC(C(=O)NC(C)C(=O)OC)CC1. The van der Waals surface area contributed by atoms with Gasteiger partial charge in [-0.3, -0.25) is 4.79 Å². The molecule has 0 bridgehead atoms. The normalized spacial score (nSPS) is 19.4. The minimum atomic E-state index is -3.18. The van der Waals surface area contributed by atoms with Crippen LogP contribution in [0.5, 0.6) is 0 Å². The lowest BCUT2D eigenvalue weighted by Gasteiger charge is -2.30. The van der Waals surface area contributed by atoms with E-state index in [0.29, 0.717) is 25.9 Å². The fourth-order valence-electron chi connectivity index (χ4n) is 2.15. The van der Waals surface area contributed by atoms with E-state index < -0.39 is 22.0 Å². The van der Waals surface area contributed by atoms with Gasteiger partial charge in [-0.2, -0.15) is 0 Å². The van der Waals surface area contributed by atoms with Gasteiger partial charge in [-0.05, 0) is 26.7 Å². The molecule has 0 radical (unpaired) electrons. The molecule has 1 N–H and O–H groups in total. The molecule has 1 rings (SSSR count). The van der Waals surface area contributed by atoms with E-state index in [1.807, 2.05) is 0 Å². The van der Waals surface area contributed by atoms with Crippen LogP contribution < -0.4 is 5.32 Å². The number of hydrogen-bond acceptors (Lipinski definition) is 5. The lowest BCUT2D eigenvalue weighted by atomic mass is 9.97. The van der Waals surface area contributed by atoms with Crippen LogP contribution >= 0.6 is 0 Å². The van der Waals surface area contributed by atoms with Crippen molar-refractivity contribution in [2.45, 2.75) is 32.7 Å². The molecule has 1 saturated heterocycles. The third-order valence-electron chi connectivity index (χ3n) is 3.50. The van der Waals surface area contributed by atoms with Crippen LogP contribution in [0.4, 0.5) is 0 Å². The number of carbonyl (C=O) groups is 2. The first-order chi connectivity index (χ1) is 9.31. The fourth-order valence-corrected chi connectivity index (χ4v) is 3.28. The Hall–Kier alpha value is -1.15. The molecule has 1 unspecified atom stereocenters. The average Bonchev–Trinajstić information content (AvgIpc) is 2.46. The van der Waals surface area contributed by atoms with Crippen molar-refractivity contribution < 1.29 is 22.7 Å². The molecule has 0 aromatic carbocycles. The van der Waals surface area contributed by atoms with E-state index >= 15 is 0 Å². The van der Waals surface area contributed by atoms with Crippen LogP contribution in [0.3, 0.4) is 0 Å². The Balaban J connectivity index is 2.49. The molecular formula is C12H22N2O5S. The van der Waals surface area contributed by atoms with Crippen molar-refractivity contribution in [2.75, 3.05) is 26.0 Å². The summed E-state index contributed by atoms with van der Waals surface area (Å²) in [6.45, 7) is 3.86. The Morgan fingerprint density at radius 2 is 1.90 bits per heavy atom. The number of amides is 1. The van der Waals surface area contributed by atoms with E-state index in [4.69, 9.17) is 0 Å². The van der Waals surface area contributed by atoms with E-state index in [9.17, 15) is 18.0 Å². The number of esters is 1. The highest BCUT2D eigenvalue weighted by atomic mass is 32.2. The van der Waals surface area contributed by atoms with Gasteiger partial charge < -0.3 is 10.1 Å². The number of carbonyl (C=O) groups excluding carboxylic acids is 2. The van der Waals surface area contributed by atoms with Crippen molar-refractivity contribution in [3.05, 3.63) is 0 Å². The Labute approximate surface area is 119 Å². The zero-order valence-electron chi connectivity index (χ0n) is 12.1. The predicted octanol–water partition coefficient (Wildman–Crippen LogP) is -0.274. The smallest absolute Gasteiger partial charge is 0.328 e. The molecule has 1 heterocycles. The maximum atomic E-state index is 12.0. The van der Waals surface area contributed by atoms with Crippen LogP contribution in [-0.2, 0) is 24.3 Å². The molecular weight excluding hydrogens is 284 g/mol. The van der Waals surface area contributed by atoms with E-state index in [0.717, 1.165) is 0 Å². The molecule has 8 heteroatoms. The summed E-state index contributed by atoms with van der Waals surface area (Å²) in [5.41, 5.74) is 0. The molecule has 1 fully saturated rings. The van der Waals surface area contributed by atoms with E-state index in [1.54, 1.807) is 13.8 Å². The number of ether oxygens (including phenoxy) is 1. The van der Waals surface area contributed by atoms with Crippen LogP contribution in [0.1, 0.15) is 26.7 Å². The van der Waals surface area contributed by atoms with Crippen molar-refractivity contribution in [3.8, 4) is 0 Å². The second-order valence-electron chi connectivity index (χ2n) is 4.83. The number of methoxy groups -OCH3 is 1. The van der Waals surface area contributed by atoms with Crippen molar-refractivity contribution in [1.82, 2.24) is 9.62 Å². The van der Waals surface area contributed by atoms with Gasteiger partial charge in [0.1, 0.15) is 6.04 Å². The van der Waals surface area contributed by atoms with Crippen LogP contribution in [-0.4, -0.2) is 56.6 Å². The van der Waals surface area contributed by atoms with Gasteiger partial charge in [0, 0.05) is 19.0 Å². The largest absolute Gasteiger partial charge is 0.467 e. The minimum absolute atomic E-state index is 0.0727. The third kappa shape index (κ3) is 4.17. The minimum Gasteiger partial charge on any atom is -0.467 e. The second-order valence-corrected chi connectivity index (χ2v) is 7.08. The molecule has 20 heavy (non-hydrogen) atoms. The number of hydrogen-bond donors (Lipinski definition) is 1. The molecule has 1 atom stereocenters. The summed E-state index contributed by atoms with van der Waals surface area (Å²) in [6.07, 6.45) is 0.942. The number of piperidine rings is 1. The summed E-state index contributed by atoms with van der Waals surface area (Å²) in [7, 11) is -1.92. The van der Waals surface area contributed by atoms with Crippen LogP contribution in [0.2, 0.25) is 0 Å². The second kappa shape index (κ2) is 7.03. The van der Waals surface area contributed by atoms with Gasteiger partial charge in [-0.25, -0.2) is 17.5 Å². The lowest BCUT2D eigenvalue weighted by Crippen LogP contribution is -2.47. The van der Waals surface area contributed by atoms with E-state index in [2.05, 4.69) is 10.1 Å². The van der Waals surface area contributed by atoms with Crippen molar-refractivity contribution in [1.29, 1.82) is 0 Å². The molecule has 1 amide bonds. The monoisotopic (exact) mass is 306 g/mol. The molecule has 116 valence electrons. The van der Waals surface area contributed by atoms with Gasteiger partial charge in [-0.1, -0.05) is 0 Å². The van der Waals surface area contributed by atoms with Gasteiger partial charge in [0.25, 0.3) is 0 Å². The van der Waals surface area contributed by atoms with Gasteiger partial charge in [0.05, 0.1) is 12.9 Å². The number of nitrogens with zero attached hydrogens (tertiary/aromatic N) is 1. The zero-order chi connectivity index (χ0) is 15.3. The van der Waals surface area contributed by atoms with Crippen LogP contribution in [0, 0.1) is 5.92 Å². The van der Waals surface area contributed by atoms with Crippen molar-refractivity contribution in [3.63, 3.8) is 0 Å². The molecule has 0 spiro atoms. The fraction of sp³-hybridized carbons (Fsp3) is 0.833. The summed E-state index contributed by atoms with van der Waals surface area (Å²) >= 11 is 0. The molecule has 7 nitrogen and oxygen atoms in total. The quantitative estimate of drug-likeness (QED) is 0.706. The Kier molecular flexibility index (Phi) is 5.94. The first kappa shape index (κ1) is 16.9. The maximum Gasteiger partial charge on any atom is 0.328 e. The summed E-state index contributed by atoms with van der Waals surface area (Å²) in [5, 5.41) is 2.59. The molecule has 1 aliphatic heterocycles. The van der Waals surface area contributed by atoms with Gasteiger partial charge >= 0.3 is 5.97 Å². The topological polar surface area (TPSA) is 92.8 Å². The summed E-state index contributed by atoms with van der Waals surface area (Å²) < 4.78 is 29.4. The standard InChI is InChI=1S/C12H22N2O5S/c1-4-20(17,18)14-7-5-10(6-8-14)11(15)13-9(2)12(16)19-3/h9-10H,4-8H2,1-3H3,(H,13,15). The van der Waals surface area contributed by atoms with Crippen LogP contribution in [0.25, 0.3) is 0 Å². The van der Waals surface area contributed by atoms with E-state index in [-0.39, 0.29) is 17.6 Å². The van der Waals surface area contributed by atoms with E-state index in [1.165, 1.54) is 11.4 Å². The zero-order valence-corrected chi connectivity index (χ0v) is 12.9.